The van der Waals surface area contributed by atoms with Gasteiger partial charge in [-0.2, -0.15) is 0 Å². The van der Waals surface area contributed by atoms with Crippen molar-refractivity contribution in [3.8, 4) is 17.2 Å². The van der Waals surface area contributed by atoms with Crippen LogP contribution in [-0.2, 0) is 6.54 Å². The van der Waals surface area contributed by atoms with Gasteiger partial charge in [0.2, 0.25) is 0 Å². The van der Waals surface area contributed by atoms with E-state index in [1.165, 1.54) is 6.42 Å². The summed E-state index contributed by atoms with van der Waals surface area (Å²) in [7, 11) is 5.34. The predicted molar refractivity (Wildman–Crippen MR) is 130 cm³/mol. The number of likely N-dealkylation sites (tertiary alicyclic amines) is 1. The van der Waals surface area contributed by atoms with Crippen LogP contribution in [0.2, 0.25) is 0 Å². The van der Waals surface area contributed by atoms with Gasteiger partial charge >= 0.3 is 5.69 Å². The smallest absolute Gasteiger partial charge is 0.302 e. The Kier molecular flexibility index (Phi) is 6.55. The van der Waals surface area contributed by atoms with Crippen LogP contribution in [0, 0.1) is 10.1 Å². The molecule has 2 heterocycles. The topological polar surface area (TPSA) is 84.0 Å². The summed E-state index contributed by atoms with van der Waals surface area (Å²) in [6.45, 7) is 2.44. The number of hydrogen-bond acceptors (Lipinski definition) is 6. The Morgan fingerprint density at radius 3 is 2.42 bits per heavy atom. The van der Waals surface area contributed by atoms with Crippen molar-refractivity contribution in [3.05, 3.63) is 64.0 Å². The van der Waals surface area contributed by atoms with E-state index in [-0.39, 0.29) is 16.4 Å². The molecule has 0 amide bonds. The maximum Gasteiger partial charge on any atom is 0.302 e. The lowest BCUT2D eigenvalue weighted by Gasteiger charge is -2.27. The van der Waals surface area contributed by atoms with Crippen molar-refractivity contribution >= 4 is 22.7 Å². The third-order valence-corrected chi connectivity index (χ3v) is 6.09. The number of benzene rings is 2. The summed E-state index contributed by atoms with van der Waals surface area (Å²) in [4.78, 5) is 16.1. The molecule has 1 aliphatic heterocycles. The first-order chi connectivity index (χ1) is 15.9. The van der Waals surface area contributed by atoms with Crippen LogP contribution in [0.5, 0.6) is 11.5 Å². The summed E-state index contributed by atoms with van der Waals surface area (Å²) in [5.41, 5.74) is 2.62. The maximum absolute atomic E-state index is 12.3. The van der Waals surface area contributed by atoms with Crippen molar-refractivity contribution in [2.75, 3.05) is 34.3 Å². The van der Waals surface area contributed by atoms with Gasteiger partial charge in [0.25, 0.3) is 0 Å². The average Bonchev–Trinajstić information content (AvgIpc) is 3.15. The number of phenolic OH excluding ortho intramolecular Hbond substituents is 1. The van der Waals surface area contributed by atoms with Gasteiger partial charge in [0.15, 0.2) is 0 Å². The van der Waals surface area contributed by atoms with Crippen LogP contribution in [0.3, 0.4) is 0 Å². The van der Waals surface area contributed by atoms with Crippen LogP contribution in [0.1, 0.15) is 30.5 Å². The molecule has 8 nitrogen and oxygen atoms in total. The molecule has 33 heavy (non-hydrogen) atoms. The zero-order valence-electron chi connectivity index (χ0n) is 19.3. The van der Waals surface area contributed by atoms with Crippen LogP contribution >= 0.6 is 0 Å². The van der Waals surface area contributed by atoms with Crippen LogP contribution < -0.4 is 4.74 Å². The molecule has 1 aliphatic rings. The molecular formula is C25H30N4O4. The van der Waals surface area contributed by atoms with Crippen LogP contribution in [-0.4, -0.2) is 58.7 Å². The van der Waals surface area contributed by atoms with Gasteiger partial charge in [-0.1, -0.05) is 6.42 Å². The Labute approximate surface area is 193 Å². The minimum atomic E-state index is -0.334. The lowest BCUT2D eigenvalue weighted by molar-refractivity contribution is -0.383. The molecule has 1 saturated heterocycles. The molecule has 0 atom stereocenters. The van der Waals surface area contributed by atoms with E-state index in [0.717, 1.165) is 31.6 Å². The average molecular weight is 451 g/mol. The quantitative estimate of drug-likeness (QED) is 0.412. The van der Waals surface area contributed by atoms with Crippen molar-refractivity contribution in [2.24, 2.45) is 0 Å². The maximum atomic E-state index is 12.3. The van der Waals surface area contributed by atoms with Gasteiger partial charge in [-0.15, -0.1) is 0 Å². The third kappa shape index (κ3) is 4.52. The Bertz CT molecular complexity index is 1180. The molecule has 2 aromatic carbocycles. The number of nitrogens with zero attached hydrogens (tertiary/aromatic N) is 4. The highest BCUT2D eigenvalue weighted by atomic mass is 16.6. The van der Waals surface area contributed by atoms with Gasteiger partial charge in [-0.25, -0.2) is 0 Å². The zero-order valence-corrected chi connectivity index (χ0v) is 19.3. The van der Waals surface area contributed by atoms with Crippen molar-refractivity contribution in [1.29, 1.82) is 0 Å². The zero-order chi connectivity index (χ0) is 23.5. The molecule has 1 N–H and O–H groups in total. The van der Waals surface area contributed by atoms with Crippen LogP contribution in [0.25, 0.3) is 22.7 Å². The highest BCUT2D eigenvalue weighted by molar-refractivity contribution is 5.99. The van der Waals surface area contributed by atoms with Gasteiger partial charge < -0.3 is 19.3 Å². The minimum absolute atomic E-state index is 0.0267. The van der Waals surface area contributed by atoms with Gasteiger partial charge in [-0.3, -0.25) is 15.0 Å². The summed E-state index contributed by atoms with van der Waals surface area (Å²) in [6, 6.07) is 10.6. The van der Waals surface area contributed by atoms with Crippen molar-refractivity contribution in [2.45, 2.75) is 25.8 Å². The van der Waals surface area contributed by atoms with E-state index in [2.05, 4.69) is 4.90 Å². The van der Waals surface area contributed by atoms with Crippen molar-refractivity contribution in [3.63, 3.8) is 0 Å². The molecule has 0 saturated carbocycles. The molecule has 0 bridgehead atoms. The summed E-state index contributed by atoms with van der Waals surface area (Å²) in [6.07, 6.45) is 7.00. The lowest BCUT2D eigenvalue weighted by atomic mass is 10.1. The van der Waals surface area contributed by atoms with Gasteiger partial charge in [0.05, 0.1) is 22.9 Å². The van der Waals surface area contributed by atoms with E-state index in [9.17, 15) is 15.2 Å². The third-order valence-electron chi connectivity index (χ3n) is 6.09. The second-order valence-corrected chi connectivity index (χ2v) is 8.60. The summed E-state index contributed by atoms with van der Waals surface area (Å²) < 4.78 is 7.18. The molecule has 1 fully saturated rings. The molecule has 0 aliphatic carbocycles. The number of methoxy groups -OCH3 is 1. The fraction of sp³-hybridized carbons (Fsp3) is 0.360. The number of piperidine rings is 1. The fourth-order valence-electron chi connectivity index (χ4n) is 4.50. The number of aromatic hydroxyl groups is 1. The SMILES string of the molecule is COc1ccc(-n2c(C=CN(C)C)c([N+](=O)[O-])c3ccc(O)c(CN4CCCCC4)c32)cc1. The number of fused-ring (bicyclic) bond motifs is 1. The van der Waals surface area contributed by atoms with E-state index in [0.29, 0.717) is 34.5 Å². The Morgan fingerprint density at radius 2 is 1.82 bits per heavy atom. The molecule has 0 radical (unpaired) electrons. The van der Waals surface area contributed by atoms with Gasteiger partial charge in [-0.05, 0) is 68.4 Å². The first-order valence-electron chi connectivity index (χ1n) is 11.2. The highest BCUT2D eigenvalue weighted by Gasteiger charge is 2.29. The Hall–Kier alpha value is -3.52. The number of phenols is 1. The van der Waals surface area contributed by atoms with Crippen LogP contribution in [0.4, 0.5) is 5.69 Å². The second kappa shape index (κ2) is 9.54. The second-order valence-electron chi connectivity index (χ2n) is 8.60. The van der Waals surface area contributed by atoms with Crippen molar-refractivity contribution in [1.82, 2.24) is 14.4 Å². The molecule has 3 aromatic rings. The Morgan fingerprint density at radius 1 is 1.12 bits per heavy atom. The number of hydrogen-bond donors (Lipinski definition) is 1. The van der Waals surface area contributed by atoms with Crippen LogP contribution in [0.15, 0.2) is 42.6 Å². The van der Waals surface area contributed by atoms with E-state index in [4.69, 9.17) is 4.74 Å². The van der Waals surface area contributed by atoms with Gasteiger partial charge in [0.1, 0.15) is 17.2 Å². The molecule has 0 spiro atoms. The predicted octanol–water partition coefficient (Wildman–Crippen LogP) is 4.77. The normalized spacial score (nSPS) is 14.8. The van der Waals surface area contributed by atoms with E-state index in [1.807, 2.05) is 47.8 Å². The number of ether oxygens (including phenoxy) is 1. The highest BCUT2D eigenvalue weighted by Crippen LogP contribution is 2.41. The number of nitro groups is 1. The monoisotopic (exact) mass is 450 g/mol. The minimum Gasteiger partial charge on any atom is -0.508 e. The molecule has 0 unspecified atom stereocenters. The molecule has 1 aromatic heterocycles. The fourth-order valence-corrected chi connectivity index (χ4v) is 4.50. The Balaban J connectivity index is 2.03. The molecule has 8 heteroatoms. The van der Waals surface area contributed by atoms with E-state index >= 15 is 0 Å². The van der Waals surface area contributed by atoms with Crippen molar-refractivity contribution < 1.29 is 14.8 Å². The number of rotatable bonds is 7. The molecular weight excluding hydrogens is 420 g/mol. The summed E-state index contributed by atoms with van der Waals surface area (Å²) >= 11 is 0. The van der Waals surface area contributed by atoms with E-state index < -0.39 is 0 Å². The molecule has 174 valence electrons. The summed E-state index contributed by atoms with van der Waals surface area (Å²) in [5, 5.41) is 23.7. The molecule has 4 rings (SSSR count). The van der Waals surface area contributed by atoms with Gasteiger partial charge in [0, 0.05) is 38.1 Å². The number of aromatic nitrogens is 1. The summed E-state index contributed by atoms with van der Waals surface area (Å²) in [5.74, 6) is 0.852. The largest absolute Gasteiger partial charge is 0.508 e. The van der Waals surface area contributed by atoms with E-state index in [1.54, 1.807) is 31.5 Å². The first-order valence-corrected chi connectivity index (χ1v) is 11.2. The first kappa shape index (κ1) is 22.7. The lowest BCUT2D eigenvalue weighted by Crippen LogP contribution is -2.29. The standard InChI is InChI=1S/C25H30N4O4/c1-26(2)16-13-22-25(29(31)32)20-11-12-23(30)21(17-27-14-5-4-6-15-27)24(20)28(22)18-7-9-19(33-3)10-8-18/h7-13,16,30H,4-6,14-15,17H2,1-3H3.